The Kier molecular flexibility index (Phi) is 5.81. The summed E-state index contributed by atoms with van der Waals surface area (Å²) in [5.41, 5.74) is 4.47. The third kappa shape index (κ3) is 3.81. The van der Waals surface area contributed by atoms with Crippen molar-refractivity contribution in [2.75, 3.05) is 19.8 Å². The molecule has 156 valence electrons. The molecule has 0 radical (unpaired) electrons. The van der Waals surface area contributed by atoms with Gasteiger partial charge in [0.1, 0.15) is 13.2 Å². The predicted octanol–water partition coefficient (Wildman–Crippen LogP) is 4.69. The minimum absolute atomic E-state index is 0.0204. The maximum atomic E-state index is 13.1. The van der Waals surface area contributed by atoms with Gasteiger partial charge in [-0.2, -0.15) is 5.10 Å². The highest BCUT2D eigenvalue weighted by Crippen LogP contribution is 2.34. The number of carbonyl (C=O) groups is 1. The minimum atomic E-state index is -0.0204. The molecule has 0 spiro atoms. The first-order chi connectivity index (χ1) is 14.5. The van der Waals surface area contributed by atoms with Gasteiger partial charge < -0.3 is 14.4 Å². The molecule has 0 bridgehead atoms. The summed E-state index contributed by atoms with van der Waals surface area (Å²) in [6, 6.07) is 13.4. The fourth-order valence-corrected chi connectivity index (χ4v) is 3.84. The maximum Gasteiger partial charge on any atom is 0.254 e. The first kappa shape index (κ1) is 20.5. The molecule has 0 saturated carbocycles. The van der Waals surface area contributed by atoms with Crippen molar-refractivity contribution >= 4 is 21.8 Å². The van der Waals surface area contributed by atoms with Gasteiger partial charge in [-0.05, 0) is 67.0 Å². The van der Waals surface area contributed by atoms with Gasteiger partial charge in [0.15, 0.2) is 11.5 Å². The fraction of sp³-hybridized carbons (Fsp3) is 0.304. The molecule has 3 aromatic rings. The Morgan fingerprint density at radius 2 is 1.87 bits per heavy atom. The molecule has 0 fully saturated rings. The van der Waals surface area contributed by atoms with Crippen molar-refractivity contribution in [3.8, 4) is 17.2 Å². The van der Waals surface area contributed by atoms with Crippen LogP contribution in [-0.4, -0.2) is 40.3 Å². The van der Waals surface area contributed by atoms with Crippen molar-refractivity contribution in [1.82, 2.24) is 14.7 Å². The number of hydrogen-bond donors (Lipinski definition) is 0. The summed E-state index contributed by atoms with van der Waals surface area (Å²) in [5.74, 6) is 1.45. The summed E-state index contributed by atoms with van der Waals surface area (Å²) in [6.07, 6.45) is 0. The van der Waals surface area contributed by atoms with Crippen LogP contribution in [0.2, 0.25) is 0 Å². The summed E-state index contributed by atoms with van der Waals surface area (Å²) in [4.78, 5) is 15.0. The summed E-state index contributed by atoms with van der Waals surface area (Å²) >= 11 is 3.56. The molecular weight excluding hydrogens is 446 g/mol. The van der Waals surface area contributed by atoms with Crippen molar-refractivity contribution in [2.45, 2.75) is 27.3 Å². The van der Waals surface area contributed by atoms with Gasteiger partial charge in [0.25, 0.3) is 5.91 Å². The van der Waals surface area contributed by atoms with Crippen LogP contribution in [0, 0.1) is 13.8 Å². The monoisotopic (exact) mass is 469 g/mol. The van der Waals surface area contributed by atoms with Crippen LogP contribution in [0.15, 0.2) is 46.9 Å². The Morgan fingerprint density at radius 3 is 2.53 bits per heavy atom. The van der Waals surface area contributed by atoms with Gasteiger partial charge in [-0.3, -0.25) is 4.79 Å². The number of para-hydroxylation sites is 1. The van der Waals surface area contributed by atoms with Crippen molar-refractivity contribution in [3.63, 3.8) is 0 Å². The van der Waals surface area contributed by atoms with Crippen molar-refractivity contribution in [1.29, 1.82) is 0 Å². The molecule has 1 aromatic heterocycles. The third-order valence-electron chi connectivity index (χ3n) is 5.24. The topological polar surface area (TPSA) is 56.6 Å². The number of aromatic nitrogens is 2. The number of carbonyl (C=O) groups excluding carboxylic acids is 1. The quantitative estimate of drug-likeness (QED) is 0.543. The largest absolute Gasteiger partial charge is 0.486 e. The van der Waals surface area contributed by atoms with E-state index in [0.717, 1.165) is 38.6 Å². The van der Waals surface area contributed by atoms with Crippen molar-refractivity contribution < 1.29 is 14.3 Å². The molecule has 4 rings (SSSR count). The first-order valence-electron chi connectivity index (χ1n) is 9.98. The molecule has 0 N–H and O–H groups in total. The summed E-state index contributed by atoms with van der Waals surface area (Å²) in [5, 5.41) is 4.55. The van der Waals surface area contributed by atoms with E-state index in [0.29, 0.717) is 31.9 Å². The lowest BCUT2D eigenvalue weighted by atomic mass is 10.1. The van der Waals surface area contributed by atoms with Gasteiger partial charge >= 0.3 is 0 Å². The van der Waals surface area contributed by atoms with E-state index in [4.69, 9.17) is 9.47 Å². The highest BCUT2D eigenvalue weighted by Gasteiger charge is 2.21. The molecule has 1 aliphatic heterocycles. The number of halogens is 1. The number of rotatable bonds is 5. The molecular formula is C23H24BrN3O3. The number of benzene rings is 2. The highest BCUT2D eigenvalue weighted by molar-refractivity contribution is 9.10. The Balaban J connectivity index is 1.55. The van der Waals surface area contributed by atoms with Crippen LogP contribution >= 0.6 is 15.9 Å². The minimum Gasteiger partial charge on any atom is -0.486 e. The number of nitrogens with zero attached hydrogens (tertiary/aromatic N) is 3. The van der Waals surface area contributed by atoms with E-state index < -0.39 is 0 Å². The van der Waals surface area contributed by atoms with Crippen LogP contribution in [0.4, 0.5) is 0 Å². The summed E-state index contributed by atoms with van der Waals surface area (Å²) in [6.45, 7) is 8.07. The number of fused-ring (bicyclic) bond motifs is 1. The van der Waals surface area contributed by atoms with Crippen LogP contribution in [0.3, 0.4) is 0 Å². The van der Waals surface area contributed by atoms with E-state index in [1.165, 1.54) is 0 Å². The van der Waals surface area contributed by atoms with Gasteiger partial charge in [-0.25, -0.2) is 4.68 Å². The van der Waals surface area contributed by atoms with Gasteiger partial charge in [0, 0.05) is 24.2 Å². The molecule has 7 heteroatoms. The molecule has 30 heavy (non-hydrogen) atoms. The Bertz CT molecular complexity index is 1080. The SMILES string of the molecule is CCN(Cc1cccc2c1OCCO2)C(=O)c1ccc(-n2nc(C)c(Br)c2C)cc1. The van der Waals surface area contributed by atoms with Gasteiger partial charge in [0.05, 0.1) is 21.5 Å². The molecule has 2 heterocycles. The number of amides is 1. The molecule has 1 amide bonds. The van der Waals surface area contributed by atoms with Crippen molar-refractivity contribution in [2.24, 2.45) is 0 Å². The normalized spacial score (nSPS) is 12.7. The number of hydrogen-bond acceptors (Lipinski definition) is 4. The Morgan fingerprint density at radius 1 is 1.13 bits per heavy atom. The van der Waals surface area contributed by atoms with Crippen LogP contribution in [0.25, 0.3) is 5.69 Å². The lowest BCUT2D eigenvalue weighted by Gasteiger charge is -2.25. The van der Waals surface area contributed by atoms with Gasteiger partial charge in [-0.1, -0.05) is 12.1 Å². The van der Waals surface area contributed by atoms with E-state index in [9.17, 15) is 4.79 Å². The standard InChI is InChI=1S/C23H24BrN3O3/c1-4-26(14-18-6-5-7-20-22(18)30-13-12-29-20)23(28)17-8-10-19(11-9-17)27-16(3)21(24)15(2)25-27/h5-11H,4,12-14H2,1-3H3. The molecule has 2 aromatic carbocycles. The van der Waals surface area contributed by atoms with Crippen LogP contribution in [0.5, 0.6) is 11.5 Å². The average molecular weight is 470 g/mol. The van der Waals surface area contributed by atoms with E-state index >= 15 is 0 Å². The van der Waals surface area contributed by atoms with E-state index in [-0.39, 0.29) is 5.91 Å². The third-order valence-corrected chi connectivity index (χ3v) is 6.39. The predicted molar refractivity (Wildman–Crippen MR) is 119 cm³/mol. The lowest BCUT2D eigenvalue weighted by Crippen LogP contribution is -2.31. The zero-order valence-electron chi connectivity index (χ0n) is 17.3. The highest BCUT2D eigenvalue weighted by atomic mass is 79.9. The lowest BCUT2D eigenvalue weighted by molar-refractivity contribution is 0.0749. The van der Waals surface area contributed by atoms with Gasteiger partial charge in [-0.15, -0.1) is 0 Å². The van der Waals surface area contributed by atoms with Crippen LogP contribution in [0.1, 0.15) is 34.2 Å². The molecule has 0 atom stereocenters. The zero-order chi connectivity index (χ0) is 21.3. The maximum absolute atomic E-state index is 13.1. The van der Waals surface area contributed by atoms with E-state index in [1.807, 2.05) is 72.8 Å². The molecule has 6 nitrogen and oxygen atoms in total. The van der Waals surface area contributed by atoms with Crippen LogP contribution in [-0.2, 0) is 6.54 Å². The molecule has 1 aliphatic rings. The molecule has 0 aliphatic carbocycles. The van der Waals surface area contributed by atoms with Crippen molar-refractivity contribution in [3.05, 3.63) is 69.5 Å². The van der Waals surface area contributed by atoms with E-state index in [2.05, 4.69) is 21.0 Å². The van der Waals surface area contributed by atoms with Gasteiger partial charge in [0.2, 0.25) is 0 Å². The number of ether oxygens (including phenoxy) is 2. The van der Waals surface area contributed by atoms with Crippen LogP contribution < -0.4 is 9.47 Å². The number of aryl methyl sites for hydroxylation is 1. The smallest absolute Gasteiger partial charge is 0.254 e. The molecule has 0 saturated heterocycles. The zero-order valence-corrected chi connectivity index (χ0v) is 18.9. The fourth-order valence-electron chi connectivity index (χ4n) is 3.59. The second kappa shape index (κ2) is 8.52. The molecule has 0 unspecified atom stereocenters. The first-order valence-corrected chi connectivity index (χ1v) is 10.8. The summed E-state index contributed by atoms with van der Waals surface area (Å²) < 4.78 is 14.3. The Hall–Kier alpha value is -2.80. The Labute approximate surface area is 184 Å². The summed E-state index contributed by atoms with van der Waals surface area (Å²) in [7, 11) is 0. The second-order valence-corrected chi connectivity index (χ2v) is 8.00. The average Bonchev–Trinajstić information content (AvgIpc) is 3.04. The second-order valence-electron chi connectivity index (χ2n) is 7.20. The van der Waals surface area contributed by atoms with E-state index in [1.54, 1.807) is 0 Å².